The first-order valence-electron chi connectivity index (χ1n) is 8.80. The highest BCUT2D eigenvalue weighted by Crippen LogP contribution is 2.27. The summed E-state index contributed by atoms with van der Waals surface area (Å²) in [5.74, 6) is 2.14. The molecule has 0 spiro atoms. The fourth-order valence-corrected chi connectivity index (χ4v) is 3.83. The molecule has 0 amide bonds. The van der Waals surface area contributed by atoms with Gasteiger partial charge in [-0.15, -0.1) is 0 Å². The molecule has 1 heterocycles. The highest BCUT2D eigenvalue weighted by Gasteiger charge is 2.28. The van der Waals surface area contributed by atoms with Crippen molar-refractivity contribution < 1.29 is 14.3 Å². The predicted molar refractivity (Wildman–Crippen MR) is 95.3 cm³/mol. The average molecular weight is 331 g/mol. The van der Waals surface area contributed by atoms with Crippen molar-refractivity contribution in [2.45, 2.75) is 39.5 Å². The largest absolute Gasteiger partial charge is 0.497 e. The summed E-state index contributed by atoms with van der Waals surface area (Å²) in [5, 5.41) is 0. The van der Waals surface area contributed by atoms with Gasteiger partial charge in [-0.05, 0) is 56.2 Å². The Balaban J connectivity index is 1.95. The van der Waals surface area contributed by atoms with E-state index < -0.39 is 0 Å². The molecule has 24 heavy (non-hydrogen) atoms. The molecule has 2 atom stereocenters. The zero-order valence-corrected chi connectivity index (χ0v) is 15.1. The lowest BCUT2D eigenvalue weighted by Crippen LogP contribution is -2.42. The van der Waals surface area contributed by atoms with Gasteiger partial charge in [0.1, 0.15) is 17.3 Å². The first-order valence-corrected chi connectivity index (χ1v) is 8.80. The Labute approximate surface area is 145 Å². The molecule has 4 heteroatoms. The van der Waals surface area contributed by atoms with E-state index in [1.165, 1.54) is 5.56 Å². The summed E-state index contributed by atoms with van der Waals surface area (Å²) in [5.41, 5.74) is 1.26. The van der Waals surface area contributed by atoms with Crippen LogP contribution in [0.1, 0.15) is 38.7 Å². The van der Waals surface area contributed by atoms with E-state index in [2.05, 4.69) is 17.0 Å². The molecule has 0 N–H and O–H groups in total. The van der Waals surface area contributed by atoms with E-state index in [4.69, 9.17) is 4.74 Å². The number of benzene rings is 1. The smallest absolute Gasteiger partial charge is 0.130 e. The molecule has 0 saturated carbocycles. The molecule has 0 radical (unpaired) electrons. The Bertz CT molecular complexity index is 546. The first kappa shape index (κ1) is 18.7. The van der Waals surface area contributed by atoms with Gasteiger partial charge < -0.3 is 19.2 Å². The molecule has 1 saturated heterocycles. The van der Waals surface area contributed by atoms with E-state index in [1.54, 1.807) is 21.0 Å². The van der Waals surface area contributed by atoms with Crippen LogP contribution >= 0.6 is 0 Å². The average Bonchev–Trinajstić information content (AvgIpc) is 2.51. The van der Waals surface area contributed by atoms with E-state index in [9.17, 15) is 9.59 Å². The van der Waals surface area contributed by atoms with E-state index in [0.717, 1.165) is 38.2 Å². The summed E-state index contributed by atoms with van der Waals surface area (Å²) >= 11 is 0. The number of nitrogens with zero attached hydrogens (tertiary/aromatic N) is 1. The van der Waals surface area contributed by atoms with Crippen LogP contribution in [0.25, 0.3) is 0 Å². The van der Waals surface area contributed by atoms with Crippen LogP contribution in [0.2, 0.25) is 0 Å². The van der Waals surface area contributed by atoms with Gasteiger partial charge in [0.25, 0.3) is 0 Å². The number of likely N-dealkylation sites (tertiary alicyclic amines) is 1. The number of Topliss-reactive ketones (excluding diaryl/α,β-unsaturated/α-hetero) is 2. The quantitative estimate of drug-likeness (QED) is 0.734. The van der Waals surface area contributed by atoms with Crippen LogP contribution in [-0.4, -0.2) is 43.2 Å². The summed E-state index contributed by atoms with van der Waals surface area (Å²) in [4.78, 5) is 25.4. The monoisotopic (exact) mass is 331 g/mol. The molecule has 2 rings (SSSR count). The van der Waals surface area contributed by atoms with E-state index in [-0.39, 0.29) is 11.6 Å². The van der Waals surface area contributed by atoms with Crippen molar-refractivity contribution in [3.05, 3.63) is 29.8 Å². The minimum Gasteiger partial charge on any atom is -0.497 e. The summed E-state index contributed by atoms with van der Waals surface area (Å²) in [7, 11) is 1.68. The Morgan fingerprint density at radius 2 is 1.75 bits per heavy atom. The lowest BCUT2D eigenvalue weighted by atomic mass is 9.83. The topological polar surface area (TPSA) is 46.6 Å². The van der Waals surface area contributed by atoms with Gasteiger partial charge in [-0.25, -0.2) is 0 Å². The predicted octanol–water partition coefficient (Wildman–Crippen LogP) is 3.13. The zero-order valence-electron chi connectivity index (χ0n) is 15.1. The van der Waals surface area contributed by atoms with Gasteiger partial charge in [-0.1, -0.05) is 12.1 Å². The van der Waals surface area contributed by atoms with Crippen molar-refractivity contribution in [1.29, 1.82) is 0 Å². The fourth-order valence-electron chi connectivity index (χ4n) is 3.83. The first-order chi connectivity index (χ1) is 11.5. The Morgan fingerprint density at radius 1 is 1.12 bits per heavy atom. The third-order valence-corrected chi connectivity index (χ3v) is 4.70. The molecule has 0 aromatic heterocycles. The summed E-state index contributed by atoms with van der Waals surface area (Å²) in [6.07, 6.45) is 3.21. The fraction of sp³-hybridized carbons (Fsp3) is 0.600. The van der Waals surface area contributed by atoms with Gasteiger partial charge in [0, 0.05) is 32.5 Å². The van der Waals surface area contributed by atoms with Crippen LogP contribution in [0.3, 0.4) is 0 Å². The second-order valence-electron chi connectivity index (χ2n) is 7.14. The van der Waals surface area contributed by atoms with Crippen molar-refractivity contribution in [2.24, 2.45) is 11.8 Å². The second-order valence-corrected chi connectivity index (χ2v) is 7.14. The van der Waals surface area contributed by atoms with Crippen molar-refractivity contribution in [3.63, 3.8) is 0 Å². The molecule has 1 aliphatic rings. The lowest BCUT2D eigenvalue weighted by Gasteiger charge is -2.37. The summed E-state index contributed by atoms with van der Waals surface area (Å²) < 4.78 is 5.28. The third kappa shape index (κ3) is 6.08. The van der Waals surface area contributed by atoms with Crippen LogP contribution in [0.4, 0.5) is 0 Å². The third-order valence-electron chi connectivity index (χ3n) is 4.70. The van der Waals surface area contributed by atoms with Crippen LogP contribution in [-0.2, 0) is 16.0 Å². The minimum atomic E-state index is 0.247. The van der Waals surface area contributed by atoms with Crippen LogP contribution < -0.4 is 4.74 Å². The van der Waals surface area contributed by atoms with Gasteiger partial charge in [-0.2, -0.15) is 0 Å². The molecule has 1 aromatic carbocycles. The van der Waals surface area contributed by atoms with Crippen molar-refractivity contribution in [2.75, 3.05) is 26.7 Å². The standard InChI is InChI=1S/C20H29NO3/c1-15(22)9-18-11-19(10-16(2)23)14-21(13-18)8-7-17-5-4-6-20(12-17)24-3/h4-6,12,18-19H,7-11,13-14H2,1-3H3/t18-,19+. The molecular weight excluding hydrogens is 302 g/mol. The number of carbonyl (C=O) groups excluding carboxylic acids is 2. The van der Waals surface area contributed by atoms with Gasteiger partial charge in [0.05, 0.1) is 7.11 Å². The minimum absolute atomic E-state index is 0.247. The summed E-state index contributed by atoms with van der Waals surface area (Å²) in [6, 6.07) is 8.16. The molecule has 1 aliphatic heterocycles. The van der Waals surface area contributed by atoms with E-state index in [0.29, 0.717) is 24.7 Å². The van der Waals surface area contributed by atoms with Gasteiger partial charge >= 0.3 is 0 Å². The highest BCUT2D eigenvalue weighted by molar-refractivity contribution is 5.76. The maximum absolute atomic E-state index is 11.5. The lowest BCUT2D eigenvalue weighted by molar-refractivity contribution is -0.119. The van der Waals surface area contributed by atoms with Gasteiger partial charge in [-0.3, -0.25) is 0 Å². The number of ether oxygens (including phenoxy) is 1. The highest BCUT2D eigenvalue weighted by atomic mass is 16.5. The SMILES string of the molecule is COc1cccc(CCN2C[C@H](CC(C)=O)C[C@H](CC(C)=O)C2)c1. The van der Waals surface area contributed by atoms with Crippen LogP contribution in [0.15, 0.2) is 24.3 Å². The molecule has 0 aliphatic carbocycles. The number of hydrogen-bond donors (Lipinski definition) is 0. The van der Waals surface area contributed by atoms with Gasteiger partial charge in [0.2, 0.25) is 0 Å². The number of hydrogen-bond acceptors (Lipinski definition) is 4. The molecule has 0 bridgehead atoms. The Morgan fingerprint density at radius 3 is 2.29 bits per heavy atom. The number of carbonyl (C=O) groups is 2. The zero-order chi connectivity index (χ0) is 17.5. The second kappa shape index (κ2) is 8.97. The number of methoxy groups -OCH3 is 1. The molecular formula is C20H29NO3. The molecule has 1 fully saturated rings. The van der Waals surface area contributed by atoms with Crippen molar-refractivity contribution in [1.82, 2.24) is 4.90 Å². The maximum Gasteiger partial charge on any atom is 0.130 e. The maximum atomic E-state index is 11.5. The molecule has 1 aromatic rings. The van der Waals surface area contributed by atoms with E-state index >= 15 is 0 Å². The Hall–Kier alpha value is -1.68. The number of ketones is 2. The van der Waals surface area contributed by atoms with Crippen molar-refractivity contribution in [3.8, 4) is 5.75 Å². The molecule has 132 valence electrons. The summed E-state index contributed by atoms with van der Waals surface area (Å²) in [6.45, 7) is 6.19. The van der Waals surface area contributed by atoms with Crippen molar-refractivity contribution >= 4 is 11.6 Å². The normalized spacial score (nSPS) is 21.5. The van der Waals surface area contributed by atoms with E-state index in [1.807, 2.05) is 12.1 Å². The number of piperidine rings is 1. The van der Waals surface area contributed by atoms with Crippen LogP contribution in [0.5, 0.6) is 5.75 Å². The molecule has 0 unspecified atom stereocenters. The van der Waals surface area contributed by atoms with Gasteiger partial charge in [0.15, 0.2) is 0 Å². The number of rotatable bonds is 8. The van der Waals surface area contributed by atoms with Crippen LogP contribution in [0, 0.1) is 11.8 Å². The molecule has 4 nitrogen and oxygen atoms in total. The Kier molecular flexibility index (Phi) is 6.98.